The van der Waals surface area contributed by atoms with Crippen molar-refractivity contribution in [2.24, 2.45) is 46.3 Å². The van der Waals surface area contributed by atoms with Crippen molar-refractivity contribution in [3.05, 3.63) is 0 Å². The minimum Gasteiger partial charge on any atom is -0.481 e. The molecule has 2 unspecified atom stereocenters. The number of hydrogen-bond acceptors (Lipinski definition) is 7. The summed E-state index contributed by atoms with van der Waals surface area (Å²) >= 11 is 0. The topological polar surface area (TPSA) is 154 Å². The van der Waals surface area contributed by atoms with Crippen LogP contribution >= 0.6 is 0 Å². The van der Waals surface area contributed by atoms with Crippen LogP contribution < -0.4 is 0 Å². The Labute approximate surface area is 231 Å². The molecule has 39 heavy (non-hydrogen) atoms. The molecule has 5 fully saturated rings. The van der Waals surface area contributed by atoms with Gasteiger partial charge in [-0.05, 0) is 111 Å². The van der Waals surface area contributed by atoms with Crippen LogP contribution in [0.2, 0.25) is 0 Å². The summed E-state index contributed by atoms with van der Waals surface area (Å²) in [6.07, 6.45) is 2.84. The predicted molar refractivity (Wildman–Crippen MR) is 140 cm³/mol. The van der Waals surface area contributed by atoms with E-state index in [4.69, 9.17) is 9.47 Å². The fourth-order valence-corrected chi connectivity index (χ4v) is 10.2. The second kappa shape index (κ2) is 10.9. The Bertz CT molecular complexity index is 926. The van der Waals surface area contributed by atoms with Crippen LogP contribution in [0.15, 0.2) is 0 Å². The fraction of sp³-hybridized carbons (Fsp3) is 0.933. The summed E-state index contributed by atoms with van der Waals surface area (Å²) in [4.78, 5) is 22.7. The number of ether oxygens (including phenoxy) is 2. The molecule has 9 nitrogen and oxygen atoms in total. The van der Waals surface area contributed by atoms with E-state index in [-0.39, 0.29) is 17.9 Å². The maximum atomic E-state index is 11.5. The van der Waals surface area contributed by atoms with Crippen molar-refractivity contribution in [2.75, 3.05) is 0 Å². The Kier molecular flexibility index (Phi) is 8.14. The molecule has 0 aromatic carbocycles. The van der Waals surface area contributed by atoms with E-state index in [1.54, 1.807) is 0 Å². The summed E-state index contributed by atoms with van der Waals surface area (Å²) in [6, 6.07) is 0. The van der Waals surface area contributed by atoms with Crippen LogP contribution in [0.3, 0.4) is 0 Å². The Balaban J connectivity index is 1.23. The summed E-state index contributed by atoms with van der Waals surface area (Å²) in [5, 5.41) is 49.1. The summed E-state index contributed by atoms with van der Waals surface area (Å²) in [6.45, 7) is 7.22. The zero-order valence-electron chi connectivity index (χ0n) is 23.6. The smallest absolute Gasteiger partial charge is 0.335 e. The maximum absolute atomic E-state index is 11.5. The molecule has 14 atom stereocenters. The molecular formula is C30H48O9. The number of carboxylic acid groups (broad SMARTS) is 2. The number of aliphatic carboxylic acids is 2. The van der Waals surface area contributed by atoms with Gasteiger partial charge in [-0.2, -0.15) is 0 Å². The first kappa shape index (κ1) is 29.2. The third-order valence-corrected chi connectivity index (χ3v) is 12.3. The average molecular weight is 553 g/mol. The zero-order valence-corrected chi connectivity index (χ0v) is 23.6. The molecule has 0 amide bonds. The molecule has 0 aromatic heterocycles. The van der Waals surface area contributed by atoms with Gasteiger partial charge >= 0.3 is 11.9 Å². The van der Waals surface area contributed by atoms with Gasteiger partial charge in [-0.1, -0.05) is 20.8 Å². The van der Waals surface area contributed by atoms with Gasteiger partial charge in [0.1, 0.15) is 18.3 Å². The first-order valence-corrected chi connectivity index (χ1v) is 15.2. The standard InChI is InChI=1S/C30H48O9/c1-15(4-9-22(31)32)19-7-8-20-18-6-5-16-14-17(10-12-29(16,2)21(18)11-13-30(19,20)3)38-28-25(35)23(33)24(34)26(39-28)27(36)37/h15-21,23-26,28,33-35H,4-14H2,1-3H3,(H,31,32)(H,36,37)/t15-,16?,17-,18+,19-,20+,21+,23+,24+,25-,26+,28?,29+,30-/m1/s1. The molecule has 222 valence electrons. The molecule has 5 N–H and O–H groups in total. The largest absolute Gasteiger partial charge is 0.481 e. The Morgan fingerprint density at radius 2 is 1.59 bits per heavy atom. The molecule has 1 saturated heterocycles. The van der Waals surface area contributed by atoms with Gasteiger partial charge in [0.2, 0.25) is 0 Å². The van der Waals surface area contributed by atoms with Crippen molar-refractivity contribution in [3.63, 3.8) is 0 Å². The van der Waals surface area contributed by atoms with Gasteiger partial charge < -0.3 is 35.0 Å². The lowest BCUT2D eigenvalue weighted by Crippen LogP contribution is -2.61. The van der Waals surface area contributed by atoms with Crippen LogP contribution in [0.5, 0.6) is 0 Å². The minimum atomic E-state index is -1.71. The number of carboxylic acids is 2. The van der Waals surface area contributed by atoms with E-state index in [0.29, 0.717) is 40.9 Å². The summed E-state index contributed by atoms with van der Waals surface area (Å²) in [5.41, 5.74) is 0.506. The lowest BCUT2D eigenvalue weighted by Gasteiger charge is -2.61. The van der Waals surface area contributed by atoms with Gasteiger partial charge in [0.25, 0.3) is 0 Å². The number of carbonyl (C=O) groups is 2. The second-order valence-electron chi connectivity index (χ2n) is 14.1. The highest BCUT2D eigenvalue weighted by Crippen LogP contribution is 2.68. The molecule has 0 spiro atoms. The highest BCUT2D eigenvalue weighted by molar-refractivity contribution is 5.73. The molecule has 5 rings (SSSR count). The van der Waals surface area contributed by atoms with E-state index in [9.17, 15) is 35.1 Å². The Hall–Kier alpha value is -1.26. The number of aliphatic hydroxyl groups excluding tert-OH is 3. The third-order valence-electron chi connectivity index (χ3n) is 12.3. The van der Waals surface area contributed by atoms with E-state index < -0.39 is 42.6 Å². The van der Waals surface area contributed by atoms with Crippen molar-refractivity contribution in [3.8, 4) is 0 Å². The molecule has 4 aliphatic carbocycles. The maximum Gasteiger partial charge on any atom is 0.335 e. The van der Waals surface area contributed by atoms with Crippen LogP contribution in [0.4, 0.5) is 0 Å². The number of fused-ring (bicyclic) bond motifs is 5. The van der Waals surface area contributed by atoms with E-state index in [2.05, 4.69) is 20.8 Å². The van der Waals surface area contributed by atoms with E-state index >= 15 is 0 Å². The Morgan fingerprint density at radius 1 is 0.897 bits per heavy atom. The minimum absolute atomic E-state index is 0.198. The van der Waals surface area contributed by atoms with E-state index in [0.717, 1.165) is 32.1 Å². The van der Waals surface area contributed by atoms with Crippen molar-refractivity contribution in [2.45, 2.75) is 128 Å². The van der Waals surface area contributed by atoms with Crippen LogP contribution in [0.25, 0.3) is 0 Å². The second-order valence-corrected chi connectivity index (χ2v) is 14.1. The third kappa shape index (κ3) is 5.05. The molecule has 0 aromatic rings. The quantitative estimate of drug-likeness (QED) is 0.299. The van der Waals surface area contributed by atoms with E-state index in [1.807, 2.05) is 0 Å². The monoisotopic (exact) mass is 552 g/mol. The number of aliphatic hydroxyl groups is 3. The predicted octanol–water partition coefficient (Wildman–Crippen LogP) is 3.42. The van der Waals surface area contributed by atoms with Gasteiger partial charge in [-0.25, -0.2) is 4.79 Å². The van der Waals surface area contributed by atoms with Gasteiger partial charge in [-0.15, -0.1) is 0 Å². The van der Waals surface area contributed by atoms with Gasteiger partial charge in [0.15, 0.2) is 12.4 Å². The summed E-state index contributed by atoms with van der Waals surface area (Å²) in [5.74, 6) is 1.48. The van der Waals surface area contributed by atoms with Crippen LogP contribution in [0.1, 0.15) is 91.4 Å². The number of hydrogen-bond donors (Lipinski definition) is 5. The van der Waals surface area contributed by atoms with Gasteiger partial charge in [0.05, 0.1) is 6.10 Å². The van der Waals surface area contributed by atoms with Crippen molar-refractivity contribution in [1.82, 2.24) is 0 Å². The molecule has 0 bridgehead atoms. The first-order chi connectivity index (χ1) is 18.4. The summed E-state index contributed by atoms with van der Waals surface area (Å²) < 4.78 is 11.5. The van der Waals surface area contributed by atoms with Crippen LogP contribution in [-0.2, 0) is 19.1 Å². The molecule has 1 aliphatic heterocycles. The molecule has 1 heterocycles. The lowest BCUT2D eigenvalue weighted by molar-refractivity contribution is -0.309. The summed E-state index contributed by atoms with van der Waals surface area (Å²) in [7, 11) is 0. The molecule has 5 aliphatic rings. The van der Waals surface area contributed by atoms with Crippen molar-refractivity contribution < 1.29 is 44.6 Å². The van der Waals surface area contributed by atoms with Gasteiger partial charge in [0, 0.05) is 6.42 Å². The highest BCUT2D eigenvalue weighted by Gasteiger charge is 2.61. The fourth-order valence-electron chi connectivity index (χ4n) is 10.2. The van der Waals surface area contributed by atoms with Crippen LogP contribution in [0, 0.1) is 46.3 Å². The molecule has 4 saturated carbocycles. The van der Waals surface area contributed by atoms with Gasteiger partial charge in [-0.3, -0.25) is 4.79 Å². The van der Waals surface area contributed by atoms with Crippen molar-refractivity contribution in [1.29, 1.82) is 0 Å². The lowest BCUT2D eigenvalue weighted by atomic mass is 9.44. The SMILES string of the molecule is C[C@H](CCC(=O)O)[C@H]1CC[C@H]2[C@@H]3CCC4C[C@H](OC5O[C@H](C(=O)O)[C@@H](O)[C@H](O)[C@H]5O)CC[C@]4(C)[C@H]3CC[C@]12C. The highest BCUT2D eigenvalue weighted by atomic mass is 16.7. The molecule has 0 radical (unpaired) electrons. The molecular weight excluding hydrogens is 504 g/mol. The van der Waals surface area contributed by atoms with E-state index in [1.165, 1.54) is 32.1 Å². The molecule has 9 heteroatoms. The van der Waals surface area contributed by atoms with Crippen LogP contribution in [-0.4, -0.2) is 74.3 Å². The first-order valence-electron chi connectivity index (χ1n) is 15.2. The van der Waals surface area contributed by atoms with Crippen molar-refractivity contribution >= 4 is 11.9 Å². The Morgan fingerprint density at radius 3 is 2.28 bits per heavy atom. The average Bonchev–Trinajstić information content (AvgIpc) is 3.24. The normalized spacial score (nSPS) is 50.4. The number of rotatable bonds is 7. The zero-order chi connectivity index (χ0) is 28.3.